The monoisotopic (exact) mass is 765 g/mol. The number of rotatable bonds is 37. The lowest BCUT2D eigenvalue weighted by atomic mass is 10.1. The average molecular weight is 765 g/mol. The van der Waals surface area contributed by atoms with Gasteiger partial charge in [0.25, 0.3) is 0 Å². The van der Waals surface area contributed by atoms with Gasteiger partial charge >= 0.3 is 0 Å². The van der Waals surface area contributed by atoms with Gasteiger partial charge in [-0.3, -0.25) is 9.59 Å². The van der Waals surface area contributed by atoms with Gasteiger partial charge in [0.15, 0.2) is 8.68 Å². The molecule has 1 aromatic heterocycles. The van der Waals surface area contributed by atoms with Crippen molar-refractivity contribution < 1.29 is 9.59 Å². The summed E-state index contributed by atoms with van der Waals surface area (Å²) in [4.78, 5) is 25.9. The molecule has 1 aromatic rings. The van der Waals surface area contributed by atoms with Gasteiger partial charge in [-0.15, -0.1) is 22.8 Å². The summed E-state index contributed by atoms with van der Waals surface area (Å²) in [5.74, 6) is -0.181. The topological polar surface area (TPSA) is 84.0 Å². The van der Waals surface area contributed by atoms with E-state index in [1.165, 1.54) is 177 Å². The van der Waals surface area contributed by atoms with E-state index in [0.717, 1.165) is 25.7 Å². The lowest BCUT2D eigenvalue weighted by Gasteiger charge is -2.15. The summed E-state index contributed by atoms with van der Waals surface area (Å²) in [6, 6.07) is 0. The van der Waals surface area contributed by atoms with Crippen molar-refractivity contribution >= 4 is 47.5 Å². The van der Waals surface area contributed by atoms with Gasteiger partial charge in [0.2, 0.25) is 11.8 Å². The fraction of sp³-hybridized carbons (Fsp3) is 0.810. The van der Waals surface area contributed by atoms with Gasteiger partial charge in [0.1, 0.15) is 0 Å². The summed E-state index contributed by atoms with van der Waals surface area (Å²) < 4.78 is 1.23. The predicted octanol–water partition coefficient (Wildman–Crippen LogP) is 13.0. The minimum atomic E-state index is -0.528. The molecule has 2 amide bonds. The van der Waals surface area contributed by atoms with E-state index in [0.29, 0.717) is 21.8 Å². The molecule has 51 heavy (non-hydrogen) atoms. The average Bonchev–Trinajstić information content (AvgIpc) is 3.54. The van der Waals surface area contributed by atoms with Crippen LogP contribution in [0.5, 0.6) is 0 Å². The van der Waals surface area contributed by atoms with E-state index < -0.39 is 5.25 Å². The van der Waals surface area contributed by atoms with Crippen LogP contribution in [-0.2, 0) is 9.59 Å². The Morgan fingerprint density at radius 1 is 0.588 bits per heavy atom. The highest BCUT2D eigenvalue weighted by atomic mass is 32.2. The number of thioether (sulfide) groups is 1. The molecule has 294 valence electrons. The minimum Gasteiger partial charge on any atom is -0.356 e. The molecule has 2 N–H and O–H groups in total. The number of carbonyl (C=O) groups excluding carboxylic acids is 2. The van der Waals surface area contributed by atoms with Crippen molar-refractivity contribution in [1.82, 2.24) is 20.8 Å². The van der Waals surface area contributed by atoms with Gasteiger partial charge in [-0.05, 0) is 64.2 Å². The van der Waals surface area contributed by atoms with E-state index >= 15 is 0 Å². The molecule has 0 spiro atoms. The zero-order chi connectivity index (χ0) is 36.9. The Morgan fingerprint density at radius 3 is 1.39 bits per heavy atom. The number of thiol groups is 1. The molecule has 1 atom stereocenters. The fourth-order valence-corrected chi connectivity index (χ4v) is 8.44. The quantitative estimate of drug-likeness (QED) is 0.0272. The molecule has 0 radical (unpaired) electrons. The highest BCUT2D eigenvalue weighted by Gasteiger charge is 2.24. The first kappa shape index (κ1) is 47.7. The molecule has 0 aliphatic heterocycles. The third kappa shape index (κ3) is 31.9. The molecule has 6 nitrogen and oxygen atoms in total. The number of hydrogen-bond acceptors (Lipinski definition) is 7. The van der Waals surface area contributed by atoms with Crippen LogP contribution in [0, 0.1) is 0 Å². The Bertz CT molecular complexity index is 1000. The Morgan fingerprint density at radius 2 is 0.980 bits per heavy atom. The van der Waals surface area contributed by atoms with Crippen LogP contribution in [-0.4, -0.2) is 40.4 Å². The van der Waals surface area contributed by atoms with Gasteiger partial charge in [-0.25, -0.2) is 0 Å². The summed E-state index contributed by atoms with van der Waals surface area (Å²) in [7, 11) is 0. The van der Waals surface area contributed by atoms with Crippen molar-refractivity contribution in [1.29, 1.82) is 0 Å². The number of unbranched alkanes of at least 4 members (excludes halogenated alkanes) is 24. The highest BCUT2D eigenvalue weighted by Crippen LogP contribution is 2.29. The first-order valence-electron chi connectivity index (χ1n) is 21.1. The lowest BCUT2D eigenvalue weighted by molar-refractivity contribution is -0.125. The maximum atomic E-state index is 13.1. The van der Waals surface area contributed by atoms with Crippen molar-refractivity contribution in [2.45, 2.75) is 214 Å². The van der Waals surface area contributed by atoms with E-state index in [1.54, 1.807) is 0 Å². The maximum absolute atomic E-state index is 13.1. The third-order valence-corrected chi connectivity index (χ3v) is 11.7. The van der Waals surface area contributed by atoms with Crippen molar-refractivity contribution in [3.63, 3.8) is 0 Å². The Kier molecular flexibility index (Phi) is 34.6. The second-order valence-corrected chi connectivity index (χ2v) is 17.3. The maximum Gasteiger partial charge on any atom is 0.234 e. The van der Waals surface area contributed by atoms with Gasteiger partial charge in [-0.1, -0.05) is 177 Å². The van der Waals surface area contributed by atoms with Crippen LogP contribution >= 0.6 is 35.7 Å². The molecule has 1 heterocycles. The zero-order valence-corrected chi connectivity index (χ0v) is 35.3. The SMILES string of the molecule is CCCCCCCC/C=C\CCCCCCCCNC(=O)CC(Sc1nnc(S)s1)C(=O)NCCCCCCCC/C=C\CCCCCCCC. The van der Waals surface area contributed by atoms with Gasteiger partial charge in [-0.2, -0.15) is 0 Å². The molecule has 0 fully saturated rings. The largest absolute Gasteiger partial charge is 0.356 e. The number of hydrogen-bond donors (Lipinski definition) is 3. The number of allylic oxidation sites excluding steroid dienone is 4. The van der Waals surface area contributed by atoms with Crippen molar-refractivity contribution in [2.24, 2.45) is 0 Å². The third-order valence-electron chi connectivity index (χ3n) is 9.30. The minimum absolute atomic E-state index is 0.0803. The van der Waals surface area contributed by atoms with Crippen LogP contribution in [0.1, 0.15) is 200 Å². The molecule has 1 rings (SSSR count). The van der Waals surface area contributed by atoms with Crippen LogP contribution in [0.3, 0.4) is 0 Å². The highest BCUT2D eigenvalue weighted by molar-refractivity contribution is 8.02. The van der Waals surface area contributed by atoms with Crippen LogP contribution < -0.4 is 10.6 Å². The number of aromatic nitrogens is 2. The Hall–Kier alpha value is -1.32. The molecule has 1 unspecified atom stereocenters. The molecule has 0 aliphatic rings. The second-order valence-electron chi connectivity index (χ2n) is 14.2. The fourth-order valence-electron chi connectivity index (χ4n) is 6.10. The number of amides is 2. The summed E-state index contributed by atoms with van der Waals surface area (Å²) in [6.07, 6.45) is 45.0. The summed E-state index contributed by atoms with van der Waals surface area (Å²) in [6.45, 7) is 5.84. The van der Waals surface area contributed by atoms with Crippen molar-refractivity contribution in [2.75, 3.05) is 13.1 Å². The normalized spacial score (nSPS) is 12.3. The molecule has 0 aliphatic carbocycles. The molecule has 0 bridgehead atoms. The molecular formula is C42H76N4O2S3. The van der Waals surface area contributed by atoms with E-state index in [9.17, 15) is 9.59 Å². The summed E-state index contributed by atoms with van der Waals surface area (Å²) >= 11 is 6.91. The van der Waals surface area contributed by atoms with Crippen LogP contribution in [0.2, 0.25) is 0 Å². The summed E-state index contributed by atoms with van der Waals surface area (Å²) in [5.41, 5.74) is 0. The smallest absolute Gasteiger partial charge is 0.234 e. The number of nitrogens with one attached hydrogen (secondary N) is 2. The summed E-state index contributed by atoms with van der Waals surface area (Å²) in [5, 5.41) is 13.7. The van der Waals surface area contributed by atoms with E-state index in [2.05, 4.69) is 71.6 Å². The van der Waals surface area contributed by atoms with E-state index in [1.807, 2.05) is 0 Å². The van der Waals surface area contributed by atoms with Crippen LogP contribution in [0.15, 0.2) is 33.0 Å². The molecular weight excluding hydrogens is 689 g/mol. The lowest BCUT2D eigenvalue weighted by Crippen LogP contribution is -2.37. The Balaban J connectivity index is 2.12. The van der Waals surface area contributed by atoms with Crippen molar-refractivity contribution in [3.05, 3.63) is 24.3 Å². The van der Waals surface area contributed by atoms with Crippen LogP contribution in [0.4, 0.5) is 0 Å². The standard InChI is InChI=1S/C42H76N4O2S3/c1-3-5-7-9-11-13-15-17-19-21-23-25-27-29-31-33-35-43-39(47)37-38(50-42-46-45-41(49)51-42)40(48)44-36-34-32-30-28-26-24-22-20-18-16-14-12-10-8-6-4-2/h17-20,38H,3-16,21-37H2,1-2H3,(H,43,47)(H,44,48)(H,45,49)/b19-17-,20-18-. The van der Waals surface area contributed by atoms with Crippen molar-refractivity contribution in [3.8, 4) is 0 Å². The molecule has 0 aromatic carbocycles. The first-order chi connectivity index (χ1) is 25.1. The number of nitrogens with zero attached hydrogens (tertiary/aromatic N) is 2. The van der Waals surface area contributed by atoms with E-state index in [-0.39, 0.29) is 18.2 Å². The molecule has 0 saturated heterocycles. The predicted molar refractivity (Wildman–Crippen MR) is 226 cm³/mol. The van der Waals surface area contributed by atoms with Gasteiger partial charge < -0.3 is 10.6 Å². The Labute approximate surface area is 327 Å². The van der Waals surface area contributed by atoms with Crippen LogP contribution in [0.25, 0.3) is 0 Å². The number of carbonyl (C=O) groups is 2. The molecule has 9 heteroatoms. The first-order valence-corrected chi connectivity index (χ1v) is 23.2. The second kappa shape index (κ2) is 37.0. The van der Waals surface area contributed by atoms with Gasteiger partial charge in [0.05, 0.1) is 5.25 Å². The van der Waals surface area contributed by atoms with Gasteiger partial charge in [0, 0.05) is 19.5 Å². The molecule has 0 saturated carbocycles. The van der Waals surface area contributed by atoms with E-state index in [4.69, 9.17) is 0 Å². The zero-order valence-electron chi connectivity index (χ0n) is 32.8.